The first-order valence-electron chi connectivity index (χ1n) is 10.1. The number of hydrogen-bond donors (Lipinski definition) is 3. The maximum Gasteiger partial charge on any atom is 0.231 e. The Labute approximate surface area is 166 Å². The standard InChI is InChI=1S/C22H28N2O4/c1-17-4-2-3-5-20(17)26-15-19(25)14-24-10-8-23(9-11-24)13-18-6-7-21-22(12-18)28-16-27-21/h2-7,12,19,25H,8-11,13-16H2,1H3/p+2/t19-/m0/s1. The molecule has 0 spiro atoms. The van der Waals surface area contributed by atoms with Crippen LogP contribution in [0.2, 0.25) is 0 Å². The van der Waals surface area contributed by atoms with E-state index < -0.39 is 6.10 Å². The number of rotatable bonds is 7. The summed E-state index contributed by atoms with van der Waals surface area (Å²) in [5.41, 5.74) is 2.39. The van der Waals surface area contributed by atoms with Crippen LogP contribution in [-0.4, -0.2) is 57.3 Å². The van der Waals surface area contributed by atoms with Gasteiger partial charge >= 0.3 is 0 Å². The zero-order chi connectivity index (χ0) is 19.3. The number of fused-ring (bicyclic) bond motifs is 1. The van der Waals surface area contributed by atoms with Crippen molar-refractivity contribution in [3.8, 4) is 17.2 Å². The molecule has 0 amide bonds. The Morgan fingerprint density at radius 3 is 2.57 bits per heavy atom. The molecule has 2 heterocycles. The Morgan fingerprint density at radius 2 is 1.75 bits per heavy atom. The van der Waals surface area contributed by atoms with Gasteiger partial charge in [-0.15, -0.1) is 0 Å². The zero-order valence-corrected chi connectivity index (χ0v) is 16.4. The third kappa shape index (κ3) is 4.76. The summed E-state index contributed by atoms with van der Waals surface area (Å²) in [6, 6.07) is 14.2. The molecule has 1 fully saturated rings. The van der Waals surface area contributed by atoms with Crippen LogP contribution in [0.25, 0.3) is 0 Å². The molecule has 2 aromatic carbocycles. The van der Waals surface area contributed by atoms with Crippen LogP contribution >= 0.6 is 0 Å². The molecule has 6 heteroatoms. The molecule has 4 rings (SSSR count). The van der Waals surface area contributed by atoms with E-state index in [1.54, 1.807) is 4.90 Å². The number of hydrogen-bond acceptors (Lipinski definition) is 4. The number of piperazine rings is 1. The van der Waals surface area contributed by atoms with E-state index in [-0.39, 0.29) is 0 Å². The summed E-state index contributed by atoms with van der Waals surface area (Å²) in [4.78, 5) is 3.03. The van der Waals surface area contributed by atoms with Gasteiger partial charge in [0, 0.05) is 5.56 Å². The third-order valence-corrected chi connectivity index (χ3v) is 5.60. The molecule has 0 aliphatic carbocycles. The van der Waals surface area contributed by atoms with E-state index in [2.05, 4.69) is 12.1 Å². The van der Waals surface area contributed by atoms with Gasteiger partial charge < -0.3 is 29.1 Å². The molecule has 3 N–H and O–H groups in total. The number of aryl methyl sites for hydroxylation is 1. The Bertz CT molecular complexity index is 790. The van der Waals surface area contributed by atoms with Crippen LogP contribution in [0.4, 0.5) is 0 Å². The van der Waals surface area contributed by atoms with Crippen LogP contribution in [0.15, 0.2) is 42.5 Å². The molecule has 2 aliphatic heterocycles. The van der Waals surface area contributed by atoms with Gasteiger partial charge in [-0.2, -0.15) is 0 Å². The van der Waals surface area contributed by atoms with E-state index in [1.165, 1.54) is 10.5 Å². The van der Waals surface area contributed by atoms with Gasteiger partial charge in [-0.05, 0) is 36.8 Å². The van der Waals surface area contributed by atoms with Crippen LogP contribution in [-0.2, 0) is 6.54 Å². The van der Waals surface area contributed by atoms with Crippen molar-refractivity contribution < 1.29 is 29.1 Å². The lowest BCUT2D eigenvalue weighted by molar-refractivity contribution is -1.02. The summed E-state index contributed by atoms with van der Waals surface area (Å²) in [6.07, 6.45) is -0.440. The molecule has 2 aliphatic rings. The highest BCUT2D eigenvalue weighted by Gasteiger charge is 2.26. The van der Waals surface area contributed by atoms with Crippen LogP contribution < -0.4 is 24.0 Å². The molecule has 0 bridgehead atoms. The second-order valence-corrected chi connectivity index (χ2v) is 7.80. The number of quaternary nitrogens is 2. The quantitative estimate of drug-likeness (QED) is 0.598. The van der Waals surface area contributed by atoms with E-state index in [1.807, 2.05) is 37.3 Å². The number of ether oxygens (including phenoxy) is 3. The molecule has 2 aromatic rings. The van der Waals surface area contributed by atoms with E-state index in [0.717, 1.165) is 62.1 Å². The fourth-order valence-corrected chi connectivity index (χ4v) is 3.97. The van der Waals surface area contributed by atoms with Crippen LogP contribution in [0.1, 0.15) is 11.1 Å². The Kier molecular flexibility index (Phi) is 6.00. The molecular weight excluding hydrogens is 356 g/mol. The van der Waals surface area contributed by atoms with Gasteiger partial charge in [-0.3, -0.25) is 0 Å². The average molecular weight is 386 g/mol. The summed E-state index contributed by atoms with van der Waals surface area (Å²) < 4.78 is 16.6. The first-order chi connectivity index (χ1) is 13.7. The first kappa shape index (κ1) is 19.1. The molecule has 150 valence electrons. The third-order valence-electron chi connectivity index (χ3n) is 5.60. The van der Waals surface area contributed by atoms with E-state index in [4.69, 9.17) is 14.2 Å². The number of aliphatic hydroxyl groups is 1. The van der Waals surface area contributed by atoms with Crippen molar-refractivity contribution in [2.45, 2.75) is 19.6 Å². The predicted octanol–water partition coefficient (Wildman–Crippen LogP) is -0.553. The van der Waals surface area contributed by atoms with Crippen molar-refractivity contribution in [1.82, 2.24) is 0 Å². The minimum atomic E-state index is -0.440. The number of aliphatic hydroxyl groups excluding tert-OH is 1. The lowest BCUT2D eigenvalue weighted by atomic mass is 10.1. The average Bonchev–Trinajstić information content (AvgIpc) is 3.17. The van der Waals surface area contributed by atoms with Crippen molar-refractivity contribution in [2.75, 3.05) is 46.1 Å². The van der Waals surface area contributed by atoms with Gasteiger partial charge in [0.25, 0.3) is 0 Å². The first-order valence-corrected chi connectivity index (χ1v) is 10.1. The Morgan fingerprint density at radius 1 is 1.00 bits per heavy atom. The van der Waals surface area contributed by atoms with Gasteiger partial charge in [0.05, 0.1) is 0 Å². The number of para-hydroxylation sites is 1. The normalized spacial score (nSPS) is 22.1. The summed E-state index contributed by atoms with van der Waals surface area (Å²) >= 11 is 0. The molecule has 0 radical (unpaired) electrons. The van der Waals surface area contributed by atoms with Crippen LogP contribution in [0.5, 0.6) is 17.2 Å². The molecule has 0 saturated carbocycles. The summed E-state index contributed by atoms with van der Waals surface area (Å²) in [5, 5.41) is 10.4. The minimum absolute atomic E-state index is 0.323. The van der Waals surface area contributed by atoms with E-state index >= 15 is 0 Å². The second kappa shape index (κ2) is 8.82. The van der Waals surface area contributed by atoms with Crippen LogP contribution in [0.3, 0.4) is 0 Å². The Hall–Kier alpha value is -2.28. The maximum absolute atomic E-state index is 10.4. The topological polar surface area (TPSA) is 56.8 Å². The fraction of sp³-hybridized carbons (Fsp3) is 0.455. The monoisotopic (exact) mass is 386 g/mol. The fourth-order valence-electron chi connectivity index (χ4n) is 3.97. The highest BCUT2D eigenvalue weighted by Crippen LogP contribution is 2.32. The lowest BCUT2D eigenvalue weighted by Crippen LogP contribution is -3.28. The number of benzene rings is 2. The molecule has 1 atom stereocenters. The smallest absolute Gasteiger partial charge is 0.231 e. The number of nitrogens with one attached hydrogen (secondary N) is 2. The summed E-state index contributed by atoms with van der Waals surface area (Å²) in [7, 11) is 0. The molecule has 0 unspecified atom stereocenters. The predicted molar refractivity (Wildman–Crippen MR) is 105 cm³/mol. The molecule has 0 aromatic heterocycles. The van der Waals surface area contributed by atoms with Crippen molar-refractivity contribution in [2.24, 2.45) is 0 Å². The van der Waals surface area contributed by atoms with Gasteiger partial charge in [0.2, 0.25) is 6.79 Å². The minimum Gasteiger partial charge on any atom is -0.490 e. The van der Waals surface area contributed by atoms with Crippen molar-refractivity contribution in [1.29, 1.82) is 0 Å². The second-order valence-electron chi connectivity index (χ2n) is 7.80. The van der Waals surface area contributed by atoms with Crippen LogP contribution in [0, 0.1) is 6.92 Å². The van der Waals surface area contributed by atoms with Gasteiger partial charge in [0.15, 0.2) is 11.5 Å². The maximum atomic E-state index is 10.4. The van der Waals surface area contributed by atoms with Gasteiger partial charge in [-0.1, -0.05) is 18.2 Å². The molecule has 6 nitrogen and oxygen atoms in total. The molecular formula is C22H30N2O4+2. The lowest BCUT2D eigenvalue weighted by Gasteiger charge is -2.30. The SMILES string of the molecule is Cc1ccccc1OC[C@@H](O)C[NH+]1CC[NH+](Cc2ccc3c(c2)OCO3)CC1. The van der Waals surface area contributed by atoms with Crippen molar-refractivity contribution >= 4 is 0 Å². The van der Waals surface area contributed by atoms with Crippen molar-refractivity contribution in [3.05, 3.63) is 53.6 Å². The van der Waals surface area contributed by atoms with Crippen molar-refractivity contribution in [3.63, 3.8) is 0 Å². The Balaban J connectivity index is 1.19. The van der Waals surface area contributed by atoms with Gasteiger partial charge in [0.1, 0.15) is 57.7 Å². The van der Waals surface area contributed by atoms with E-state index in [0.29, 0.717) is 13.4 Å². The molecule has 28 heavy (non-hydrogen) atoms. The molecule has 1 saturated heterocycles. The zero-order valence-electron chi connectivity index (χ0n) is 16.4. The summed E-state index contributed by atoms with van der Waals surface area (Å²) in [5.74, 6) is 2.56. The highest BCUT2D eigenvalue weighted by atomic mass is 16.7. The van der Waals surface area contributed by atoms with E-state index in [9.17, 15) is 5.11 Å². The van der Waals surface area contributed by atoms with Gasteiger partial charge in [-0.25, -0.2) is 0 Å². The summed E-state index contributed by atoms with van der Waals surface area (Å²) in [6.45, 7) is 8.79. The highest BCUT2D eigenvalue weighted by molar-refractivity contribution is 5.44. The largest absolute Gasteiger partial charge is 0.490 e.